The average Bonchev–Trinajstić information content (AvgIpc) is 2.60. The topological polar surface area (TPSA) is 51.1 Å². The number of aryl methyl sites for hydroxylation is 4. The number of pyridine rings is 1. The Labute approximate surface area is 166 Å². The summed E-state index contributed by atoms with van der Waals surface area (Å²) in [5.41, 5.74) is 6.57. The van der Waals surface area contributed by atoms with E-state index in [4.69, 9.17) is 9.72 Å². The third-order valence-electron chi connectivity index (χ3n) is 5.03. The average molecular weight is 374 g/mol. The van der Waals surface area contributed by atoms with Crippen molar-refractivity contribution >= 4 is 17.3 Å². The Morgan fingerprint density at radius 2 is 1.54 bits per heavy atom. The summed E-state index contributed by atoms with van der Waals surface area (Å²) in [5.74, 6) is 2.62. The predicted octanol–water partition coefficient (Wildman–Crippen LogP) is 5.98. The number of aromatic nitrogens is 3. The summed E-state index contributed by atoms with van der Waals surface area (Å²) in [6, 6.07) is 8.42. The van der Waals surface area contributed by atoms with Crippen molar-refractivity contribution in [1.82, 2.24) is 15.0 Å². The fourth-order valence-electron chi connectivity index (χ4n) is 3.60. The fraction of sp³-hybridized carbons (Fsp3) is 0.348. The molecule has 3 aromatic rings. The number of nitrogens with zero attached hydrogens (tertiary/aromatic N) is 4. The van der Waals surface area contributed by atoms with E-state index in [1.807, 2.05) is 26.0 Å². The minimum Gasteiger partial charge on any atom is -0.432 e. The van der Waals surface area contributed by atoms with Gasteiger partial charge in [0.2, 0.25) is 5.82 Å². The van der Waals surface area contributed by atoms with E-state index < -0.39 is 0 Å². The molecular formula is C23H26N4O. The second-order valence-corrected chi connectivity index (χ2v) is 8.56. The van der Waals surface area contributed by atoms with Gasteiger partial charge in [0.15, 0.2) is 11.6 Å². The Morgan fingerprint density at radius 3 is 2.18 bits per heavy atom. The van der Waals surface area contributed by atoms with Crippen molar-refractivity contribution in [3.63, 3.8) is 0 Å². The predicted molar refractivity (Wildman–Crippen MR) is 112 cm³/mol. The summed E-state index contributed by atoms with van der Waals surface area (Å²) in [6.07, 6.45) is 1.77. The van der Waals surface area contributed by atoms with Gasteiger partial charge in [-0.3, -0.25) is 4.90 Å². The minimum atomic E-state index is 0.0840. The molecule has 0 aliphatic carbocycles. The monoisotopic (exact) mass is 374 g/mol. The lowest BCUT2D eigenvalue weighted by Gasteiger charge is -2.33. The van der Waals surface area contributed by atoms with E-state index in [0.717, 1.165) is 22.9 Å². The second-order valence-electron chi connectivity index (χ2n) is 8.56. The van der Waals surface area contributed by atoms with Gasteiger partial charge < -0.3 is 4.74 Å². The zero-order valence-electron chi connectivity index (χ0n) is 17.6. The first-order chi connectivity index (χ1) is 13.1. The van der Waals surface area contributed by atoms with E-state index >= 15 is 0 Å². The van der Waals surface area contributed by atoms with Crippen LogP contribution >= 0.6 is 0 Å². The maximum Gasteiger partial charge on any atom is 0.264 e. The van der Waals surface area contributed by atoms with Crippen LogP contribution in [0.2, 0.25) is 0 Å². The number of hydrogen-bond acceptors (Lipinski definition) is 5. The van der Waals surface area contributed by atoms with Crippen molar-refractivity contribution in [1.29, 1.82) is 0 Å². The second kappa shape index (κ2) is 6.30. The van der Waals surface area contributed by atoms with E-state index in [1.54, 1.807) is 6.20 Å². The van der Waals surface area contributed by atoms with Crippen LogP contribution in [0.15, 0.2) is 30.5 Å². The molecule has 4 rings (SSSR count). The third-order valence-corrected chi connectivity index (χ3v) is 5.03. The van der Waals surface area contributed by atoms with Crippen molar-refractivity contribution < 1.29 is 4.74 Å². The van der Waals surface area contributed by atoms with Crippen LogP contribution in [0.1, 0.15) is 48.8 Å². The van der Waals surface area contributed by atoms with Crippen LogP contribution in [0.3, 0.4) is 0 Å². The van der Waals surface area contributed by atoms with Crippen molar-refractivity contribution in [2.75, 3.05) is 4.90 Å². The fourth-order valence-corrected chi connectivity index (χ4v) is 3.60. The first-order valence-electron chi connectivity index (χ1n) is 9.56. The van der Waals surface area contributed by atoms with Crippen LogP contribution in [0.25, 0.3) is 0 Å². The van der Waals surface area contributed by atoms with Crippen molar-refractivity contribution in [2.24, 2.45) is 0 Å². The summed E-state index contributed by atoms with van der Waals surface area (Å²) in [4.78, 5) is 16.1. The number of fused-ring (bicyclic) bond motifs is 2. The van der Waals surface area contributed by atoms with Crippen LogP contribution in [0.5, 0.6) is 11.6 Å². The van der Waals surface area contributed by atoms with Crippen LogP contribution in [0.4, 0.5) is 17.3 Å². The molecule has 0 unspecified atom stereocenters. The molecule has 0 fully saturated rings. The lowest BCUT2D eigenvalue weighted by molar-refractivity contribution is 0.449. The van der Waals surface area contributed by atoms with Gasteiger partial charge >= 0.3 is 0 Å². The van der Waals surface area contributed by atoms with Gasteiger partial charge in [0.1, 0.15) is 0 Å². The molecule has 0 saturated carbocycles. The summed E-state index contributed by atoms with van der Waals surface area (Å²) in [6.45, 7) is 14.9. The van der Waals surface area contributed by atoms with E-state index in [9.17, 15) is 0 Å². The normalized spacial score (nSPS) is 13.0. The van der Waals surface area contributed by atoms with E-state index in [2.05, 4.69) is 61.6 Å². The van der Waals surface area contributed by atoms with Crippen LogP contribution in [-0.2, 0) is 5.41 Å². The number of ether oxygens (including phenoxy) is 1. The van der Waals surface area contributed by atoms with Crippen molar-refractivity contribution in [2.45, 2.75) is 53.9 Å². The number of rotatable bonds is 1. The molecule has 0 saturated heterocycles. The first-order valence-corrected chi connectivity index (χ1v) is 9.56. The van der Waals surface area contributed by atoms with E-state index in [-0.39, 0.29) is 5.41 Å². The highest BCUT2D eigenvalue weighted by atomic mass is 16.5. The Balaban J connectivity index is 1.99. The Hall–Kier alpha value is -2.95. The molecular weight excluding hydrogens is 348 g/mol. The maximum atomic E-state index is 6.04. The standard InChI is InChI=1S/C23H26N4O/c1-13-10-17(23(5,6)7)11-14(2)19(13)27-20-18(9-8-15(3)25-20)28-22-21(27)24-12-16(4)26-22/h8-12H,1-7H3. The molecule has 1 aliphatic rings. The molecule has 144 valence electrons. The molecule has 0 bridgehead atoms. The molecule has 5 nitrogen and oxygen atoms in total. The summed E-state index contributed by atoms with van der Waals surface area (Å²) in [7, 11) is 0. The number of hydrogen-bond donors (Lipinski definition) is 0. The first kappa shape index (κ1) is 18.4. The molecule has 1 aliphatic heterocycles. The molecule has 1 aromatic carbocycles. The third kappa shape index (κ3) is 3.01. The zero-order chi connectivity index (χ0) is 20.2. The van der Waals surface area contributed by atoms with Crippen molar-refractivity contribution in [3.05, 3.63) is 58.5 Å². The van der Waals surface area contributed by atoms with Gasteiger partial charge in [0.05, 0.1) is 17.6 Å². The molecule has 0 spiro atoms. The molecule has 0 atom stereocenters. The van der Waals surface area contributed by atoms with Gasteiger partial charge in [-0.05, 0) is 61.9 Å². The maximum absolute atomic E-state index is 6.04. The highest BCUT2D eigenvalue weighted by Crippen LogP contribution is 2.49. The Bertz CT molecular complexity index is 1060. The summed E-state index contributed by atoms with van der Waals surface area (Å²) < 4.78 is 6.04. The molecule has 0 amide bonds. The number of anilines is 3. The minimum absolute atomic E-state index is 0.0840. The van der Waals surface area contributed by atoms with Gasteiger partial charge in [-0.2, -0.15) is 0 Å². The molecule has 3 heterocycles. The smallest absolute Gasteiger partial charge is 0.264 e. The van der Waals surface area contributed by atoms with Gasteiger partial charge in [-0.1, -0.05) is 32.9 Å². The zero-order valence-corrected chi connectivity index (χ0v) is 17.6. The van der Waals surface area contributed by atoms with E-state index in [1.165, 1.54) is 16.7 Å². The Morgan fingerprint density at radius 1 is 0.857 bits per heavy atom. The lowest BCUT2D eigenvalue weighted by atomic mass is 9.84. The summed E-state index contributed by atoms with van der Waals surface area (Å²) >= 11 is 0. The highest BCUT2D eigenvalue weighted by molar-refractivity contribution is 5.84. The molecule has 28 heavy (non-hydrogen) atoms. The quantitative estimate of drug-likeness (QED) is 0.410. The Kier molecular flexibility index (Phi) is 4.14. The molecule has 0 radical (unpaired) electrons. The van der Waals surface area contributed by atoms with Crippen molar-refractivity contribution in [3.8, 4) is 11.6 Å². The lowest BCUT2D eigenvalue weighted by Crippen LogP contribution is -2.22. The van der Waals surface area contributed by atoms with Gasteiger partial charge in [-0.15, -0.1) is 0 Å². The van der Waals surface area contributed by atoms with Crippen LogP contribution in [-0.4, -0.2) is 15.0 Å². The van der Waals surface area contributed by atoms with E-state index in [0.29, 0.717) is 17.4 Å². The van der Waals surface area contributed by atoms with Gasteiger partial charge in [0, 0.05) is 5.69 Å². The van der Waals surface area contributed by atoms with Gasteiger partial charge in [-0.25, -0.2) is 15.0 Å². The largest absolute Gasteiger partial charge is 0.432 e. The molecule has 5 heteroatoms. The van der Waals surface area contributed by atoms with Gasteiger partial charge in [0.25, 0.3) is 5.88 Å². The van der Waals surface area contributed by atoms with Crippen LogP contribution < -0.4 is 9.64 Å². The molecule has 0 N–H and O–H groups in total. The summed E-state index contributed by atoms with van der Waals surface area (Å²) in [5, 5.41) is 0. The molecule has 2 aromatic heterocycles. The highest BCUT2D eigenvalue weighted by Gasteiger charge is 2.32. The van der Waals surface area contributed by atoms with Crippen LogP contribution in [0, 0.1) is 27.7 Å². The SMILES string of the molecule is Cc1cnc2c(n1)Oc1ccc(C)nc1N2c1c(C)cc(C(C)(C)C)cc1C. The number of benzene rings is 1.